The summed E-state index contributed by atoms with van der Waals surface area (Å²) in [7, 11) is 0. The minimum Gasteiger partial charge on any atom is -0.384 e. The van der Waals surface area contributed by atoms with Crippen molar-refractivity contribution < 1.29 is 5.11 Å². The Balaban J connectivity index is 1.87. The number of aliphatic hydroxyl groups excluding tert-OH is 1. The van der Waals surface area contributed by atoms with Crippen molar-refractivity contribution in [3.8, 4) is 0 Å². The van der Waals surface area contributed by atoms with E-state index in [9.17, 15) is 5.11 Å². The van der Waals surface area contributed by atoms with Crippen LogP contribution in [0.2, 0.25) is 0 Å². The number of nitrogens with zero attached hydrogens (tertiary/aromatic N) is 1. The average molecular weight is 248 g/mol. The van der Waals surface area contributed by atoms with Gasteiger partial charge in [-0.2, -0.15) is 0 Å². The van der Waals surface area contributed by atoms with Gasteiger partial charge in [0.05, 0.1) is 0 Å². The van der Waals surface area contributed by atoms with Gasteiger partial charge < -0.3 is 10.8 Å². The lowest BCUT2D eigenvalue weighted by Gasteiger charge is -2.16. The van der Waals surface area contributed by atoms with Crippen LogP contribution in [0, 0.1) is 0 Å². The first-order valence-corrected chi connectivity index (χ1v) is 6.52. The van der Waals surface area contributed by atoms with E-state index < -0.39 is 6.10 Å². The van der Waals surface area contributed by atoms with Gasteiger partial charge in [0.1, 0.15) is 11.1 Å². The Hall–Kier alpha value is -1.23. The van der Waals surface area contributed by atoms with Crippen molar-refractivity contribution in [2.24, 2.45) is 5.73 Å². The van der Waals surface area contributed by atoms with Gasteiger partial charge in [-0.05, 0) is 18.4 Å². The van der Waals surface area contributed by atoms with E-state index in [4.69, 9.17) is 5.73 Å². The molecule has 0 aliphatic carbocycles. The largest absolute Gasteiger partial charge is 0.384 e. The number of thiazole rings is 1. The molecule has 0 fully saturated rings. The predicted molar refractivity (Wildman–Crippen MR) is 69.8 cm³/mol. The number of aromatic nitrogens is 1. The molecular formula is C13H16N2OS. The van der Waals surface area contributed by atoms with E-state index in [0.29, 0.717) is 5.01 Å². The third-order valence-corrected chi connectivity index (χ3v) is 3.57. The third-order valence-electron chi connectivity index (χ3n) is 2.72. The van der Waals surface area contributed by atoms with E-state index in [0.717, 1.165) is 12.8 Å². The van der Waals surface area contributed by atoms with Crippen LogP contribution >= 0.6 is 11.3 Å². The van der Waals surface area contributed by atoms with Crippen LogP contribution < -0.4 is 5.73 Å². The first-order valence-electron chi connectivity index (χ1n) is 5.64. The highest BCUT2D eigenvalue weighted by molar-refractivity contribution is 7.09. The Bertz CT molecular complexity index is 430. The standard InChI is InChI=1S/C13H16N2OS/c14-11(12(16)13-15-8-9-17-13)7-6-10-4-2-1-3-5-10/h1-5,8-9,11-12,16H,6-7,14H2/t11?,12-/m0/s1. The van der Waals surface area contributed by atoms with Crippen LogP contribution in [0.3, 0.4) is 0 Å². The normalized spacial score (nSPS) is 14.5. The van der Waals surface area contributed by atoms with E-state index >= 15 is 0 Å². The van der Waals surface area contributed by atoms with Gasteiger partial charge in [-0.1, -0.05) is 30.3 Å². The molecule has 2 aromatic rings. The van der Waals surface area contributed by atoms with E-state index in [-0.39, 0.29) is 6.04 Å². The van der Waals surface area contributed by atoms with Crippen molar-refractivity contribution in [1.82, 2.24) is 4.98 Å². The maximum Gasteiger partial charge on any atom is 0.123 e. The van der Waals surface area contributed by atoms with Crippen molar-refractivity contribution in [2.75, 3.05) is 0 Å². The highest BCUT2D eigenvalue weighted by Crippen LogP contribution is 2.20. The minimum absolute atomic E-state index is 0.263. The molecule has 2 atom stereocenters. The summed E-state index contributed by atoms with van der Waals surface area (Å²) in [6.45, 7) is 0. The molecule has 1 aromatic carbocycles. The second-order valence-electron chi connectivity index (χ2n) is 4.00. The lowest BCUT2D eigenvalue weighted by Crippen LogP contribution is -2.28. The second kappa shape index (κ2) is 5.91. The maximum atomic E-state index is 9.98. The summed E-state index contributed by atoms with van der Waals surface area (Å²) in [4.78, 5) is 4.08. The van der Waals surface area contributed by atoms with Crippen molar-refractivity contribution in [3.63, 3.8) is 0 Å². The van der Waals surface area contributed by atoms with Crippen LogP contribution in [0.15, 0.2) is 41.9 Å². The third kappa shape index (κ3) is 3.36. The molecule has 4 heteroatoms. The number of aliphatic hydroxyl groups is 1. The summed E-state index contributed by atoms with van der Waals surface area (Å²) in [5.74, 6) is 0. The Kier molecular flexibility index (Phi) is 4.25. The molecule has 3 N–H and O–H groups in total. The monoisotopic (exact) mass is 248 g/mol. The Labute approximate surface area is 105 Å². The molecule has 1 heterocycles. The van der Waals surface area contributed by atoms with Gasteiger partial charge in [0.15, 0.2) is 0 Å². The topological polar surface area (TPSA) is 59.1 Å². The van der Waals surface area contributed by atoms with Gasteiger partial charge in [0.25, 0.3) is 0 Å². The number of hydrogen-bond donors (Lipinski definition) is 2. The Morgan fingerprint density at radius 3 is 2.71 bits per heavy atom. The van der Waals surface area contributed by atoms with E-state index in [1.54, 1.807) is 6.20 Å². The molecular weight excluding hydrogens is 232 g/mol. The summed E-state index contributed by atoms with van der Waals surface area (Å²) < 4.78 is 0. The van der Waals surface area contributed by atoms with E-state index in [2.05, 4.69) is 17.1 Å². The van der Waals surface area contributed by atoms with Crippen LogP contribution in [0.25, 0.3) is 0 Å². The van der Waals surface area contributed by atoms with Crippen LogP contribution in [-0.4, -0.2) is 16.1 Å². The van der Waals surface area contributed by atoms with Crippen LogP contribution in [-0.2, 0) is 6.42 Å². The van der Waals surface area contributed by atoms with Crippen molar-refractivity contribution >= 4 is 11.3 Å². The molecule has 0 radical (unpaired) electrons. The lowest BCUT2D eigenvalue weighted by atomic mass is 10.0. The first-order chi connectivity index (χ1) is 8.27. The molecule has 0 saturated carbocycles. The highest BCUT2D eigenvalue weighted by Gasteiger charge is 2.18. The highest BCUT2D eigenvalue weighted by atomic mass is 32.1. The molecule has 1 unspecified atom stereocenters. The summed E-state index contributed by atoms with van der Waals surface area (Å²) in [6, 6.07) is 9.90. The number of rotatable bonds is 5. The molecule has 2 rings (SSSR count). The van der Waals surface area contributed by atoms with Crippen molar-refractivity contribution in [2.45, 2.75) is 25.0 Å². The summed E-state index contributed by atoms with van der Waals surface area (Å²) >= 11 is 1.44. The van der Waals surface area contributed by atoms with Crippen LogP contribution in [0.4, 0.5) is 0 Å². The van der Waals surface area contributed by atoms with Gasteiger partial charge in [0.2, 0.25) is 0 Å². The number of nitrogens with two attached hydrogens (primary N) is 1. The van der Waals surface area contributed by atoms with Crippen LogP contribution in [0.5, 0.6) is 0 Å². The number of benzene rings is 1. The average Bonchev–Trinajstić information content (AvgIpc) is 2.90. The predicted octanol–water partition coefficient (Wildman–Crippen LogP) is 2.14. The zero-order chi connectivity index (χ0) is 12.1. The fourth-order valence-electron chi connectivity index (χ4n) is 1.70. The van der Waals surface area contributed by atoms with Crippen molar-refractivity contribution in [3.05, 3.63) is 52.5 Å². The molecule has 0 bridgehead atoms. The fourth-order valence-corrected chi connectivity index (χ4v) is 2.40. The van der Waals surface area contributed by atoms with Crippen molar-refractivity contribution in [1.29, 1.82) is 0 Å². The second-order valence-corrected chi connectivity index (χ2v) is 4.93. The first kappa shape index (κ1) is 12.2. The number of aryl methyl sites for hydroxylation is 1. The number of hydrogen-bond acceptors (Lipinski definition) is 4. The van der Waals surface area contributed by atoms with E-state index in [1.807, 2.05) is 23.6 Å². The molecule has 17 heavy (non-hydrogen) atoms. The molecule has 3 nitrogen and oxygen atoms in total. The quantitative estimate of drug-likeness (QED) is 0.852. The van der Waals surface area contributed by atoms with Gasteiger partial charge in [0, 0.05) is 17.6 Å². The summed E-state index contributed by atoms with van der Waals surface area (Å²) in [5.41, 5.74) is 7.22. The fraction of sp³-hybridized carbons (Fsp3) is 0.308. The Morgan fingerprint density at radius 1 is 1.29 bits per heavy atom. The molecule has 0 spiro atoms. The molecule has 1 aromatic heterocycles. The molecule has 0 aliphatic heterocycles. The van der Waals surface area contributed by atoms with Gasteiger partial charge in [-0.15, -0.1) is 11.3 Å². The minimum atomic E-state index is -0.654. The van der Waals surface area contributed by atoms with Crippen LogP contribution in [0.1, 0.15) is 23.1 Å². The molecule has 0 saturated heterocycles. The molecule has 0 amide bonds. The Morgan fingerprint density at radius 2 is 2.06 bits per heavy atom. The zero-order valence-electron chi connectivity index (χ0n) is 9.49. The van der Waals surface area contributed by atoms with Gasteiger partial charge in [-0.25, -0.2) is 4.98 Å². The molecule has 0 aliphatic rings. The summed E-state index contributed by atoms with van der Waals surface area (Å²) in [5, 5.41) is 12.5. The smallest absolute Gasteiger partial charge is 0.123 e. The zero-order valence-corrected chi connectivity index (χ0v) is 10.3. The summed E-state index contributed by atoms with van der Waals surface area (Å²) in [6.07, 6.45) is 2.67. The lowest BCUT2D eigenvalue weighted by molar-refractivity contribution is 0.142. The van der Waals surface area contributed by atoms with E-state index in [1.165, 1.54) is 16.9 Å². The SMILES string of the molecule is NC(CCc1ccccc1)[C@H](O)c1nccs1. The maximum absolute atomic E-state index is 9.98. The van der Waals surface area contributed by atoms with Gasteiger partial charge >= 0.3 is 0 Å². The van der Waals surface area contributed by atoms with Gasteiger partial charge in [-0.3, -0.25) is 0 Å². The molecule has 90 valence electrons.